The first kappa shape index (κ1) is 30.0. The highest BCUT2D eigenvalue weighted by atomic mass is 35.5. The summed E-state index contributed by atoms with van der Waals surface area (Å²) in [6.45, 7) is 0.353. The molecule has 3 aromatic rings. The van der Waals surface area contributed by atoms with Crippen LogP contribution in [0, 0.1) is 0 Å². The molecule has 2 N–H and O–H groups in total. The van der Waals surface area contributed by atoms with Crippen LogP contribution in [0.15, 0.2) is 93.3 Å². The second-order valence-electron chi connectivity index (χ2n) is 9.15. The lowest BCUT2D eigenvalue weighted by molar-refractivity contribution is 0.349. The van der Waals surface area contributed by atoms with Crippen molar-refractivity contribution >= 4 is 55.1 Å². The highest BCUT2D eigenvalue weighted by Gasteiger charge is 2.34. The summed E-state index contributed by atoms with van der Waals surface area (Å²) in [4.78, 5) is 1.48. The molecule has 1 aliphatic heterocycles. The standard InChI is InChI=1S/C26H28Cl2N6O4S2/c1-32(16-17-33(2)40(29,37)38)26(31-39(35,36)23-14-12-22(28)13-15-23)34-18-24(19-6-4-3-5-7-19)25(30-34)20-8-10-21(27)11-9-20/h3-15,24H,16-18H2,1-2H3,(H2,29,37,38)/t24-/m0/s1. The van der Waals surface area contributed by atoms with Crippen LogP contribution in [0.3, 0.4) is 0 Å². The molecule has 0 spiro atoms. The van der Waals surface area contributed by atoms with Crippen LogP contribution in [0.5, 0.6) is 0 Å². The molecule has 212 valence electrons. The van der Waals surface area contributed by atoms with Gasteiger partial charge in [0, 0.05) is 43.1 Å². The number of rotatable bonds is 8. The van der Waals surface area contributed by atoms with Crippen LogP contribution in [0.1, 0.15) is 17.0 Å². The van der Waals surface area contributed by atoms with E-state index in [0.717, 1.165) is 15.4 Å². The summed E-state index contributed by atoms with van der Waals surface area (Å²) in [5.41, 5.74) is 2.50. The van der Waals surface area contributed by atoms with Crippen molar-refractivity contribution in [2.75, 3.05) is 33.7 Å². The maximum absolute atomic E-state index is 13.4. The molecule has 0 aliphatic carbocycles. The van der Waals surface area contributed by atoms with Gasteiger partial charge in [0.15, 0.2) is 0 Å². The Kier molecular flexibility index (Phi) is 9.18. The van der Waals surface area contributed by atoms with Crippen molar-refractivity contribution in [1.82, 2.24) is 14.2 Å². The third-order valence-electron chi connectivity index (χ3n) is 6.33. The zero-order valence-electron chi connectivity index (χ0n) is 21.7. The predicted molar refractivity (Wildman–Crippen MR) is 158 cm³/mol. The van der Waals surface area contributed by atoms with Gasteiger partial charge in [0.05, 0.1) is 17.2 Å². The number of likely N-dealkylation sites (N-methyl/N-ethyl adjacent to an activating group) is 2. The molecule has 40 heavy (non-hydrogen) atoms. The van der Waals surface area contributed by atoms with Gasteiger partial charge >= 0.3 is 0 Å². The van der Waals surface area contributed by atoms with Gasteiger partial charge in [-0.25, -0.2) is 10.1 Å². The van der Waals surface area contributed by atoms with Crippen LogP contribution in [-0.2, 0) is 20.2 Å². The molecule has 1 heterocycles. The molecule has 0 saturated heterocycles. The lowest BCUT2D eigenvalue weighted by Crippen LogP contribution is -2.44. The fourth-order valence-corrected chi connectivity index (χ4v) is 5.68. The Bertz CT molecular complexity index is 1620. The van der Waals surface area contributed by atoms with Crippen molar-refractivity contribution in [3.8, 4) is 0 Å². The van der Waals surface area contributed by atoms with Crippen LogP contribution in [0.2, 0.25) is 10.0 Å². The number of sulfonamides is 1. The Hall–Kier alpha value is -3.00. The molecular weight excluding hydrogens is 595 g/mol. The van der Waals surface area contributed by atoms with E-state index in [0.29, 0.717) is 15.8 Å². The number of nitrogens with two attached hydrogens (primary N) is 1. The van der Waals surface area contributed by atoms with Crippen LogP contribution in [-0.4, -0.2) is 76.5 Å². The second kappa shape index (κ2) is 12.2. The number of hydrogen-bond donors (Lipinski definition) is 1. The smallest absolute Gasteiger partial charge is 0.285 e. The maximum atomic E-state index is 13.4. The number of hydrazone groups is 1. The van der Waals surface area contributed by atoms with E-state index in [2.05, 4.69) is 4.40 Å². The highest BCUT2D eigenvalue weighted by molar-refractivity contribution is 7.90. The third kappa shape index (κ3) is 7.19. The van der Waals surface area contributed by atoms with Crippen LogP contribution >= 0.6 is 23.2 Å². The Balaban J connectivity index is 1.78. The van der Waals surface area contributed by atoms with Crippen LogP contribution in [0.4, 0.5) is 0 Å². The Morgan fingerprint density at radius 2 is 1.50 bits per heavy atom. The highest BCUT2D eigenvalue weighted by Crippen LogP contribution is 2.30. The van der Waals surface area contributed by atoms with Gasteiger partial charge < -0.3 is 4.90 Å². The van der Waals surface area contributed by atoms with E-state index in [9.17, 15) is 16.8 Å². The topological polar surface area (TPSA) is 129 Å². The molecule has 0 saturated carbocycles. The molecule has 1 atom stereocenters. The zero-order valence-corrected chi connectivity index (χ0v) is 24.9. The van der Waals surface area contributed by atoms with E-state index < -0.39 is 20.2 Å². The van der Waals surface area contributed by atoms with Gasteiger partial charge in [-0.2, -0.15) is 26.2 Å². The van der Waals surface area contributed by atoms with E-state index in [1.54, 1.807) is 19.2 Å². The van der Waals surface area contributed by atoms with Crippen molar-refractivity contribution in [2.45, 2.75) is 10.8 Å². The van der Waals surface area contributed by atoms with Gasteiger partial charge in [0.25, 0.3) is 20.2 Å². The molecule has 0 fully saturated rings. The minimum atomic E-state index is -4.19. The molecule has 0 amide bonds. The van der Waals surface area contributed by atoms with E-state index >= 15 is 0 Å². The van der Waals surface area contributed by atoms with E-state index in [1.165, 1.54) is 41.2 Å². The minimum Gasteiger partial charge on any atom is -0.342 e. The van der Waals surface area contributed by atoms with Gasteiger partial charge in [-0.1, -0.05) is 65.7 Å². The summed E-state index contributed by atoms with van der Waals surface area (Å²) in [5.74, 6) is -0.200. The summed E-state index contributed by atoms with van der Waals surface area (Å²) in [5, 5.41) is 12.5. The van der Waals surface area contributed by atoms with Gasteiger partial charge in [-0.15, -0.1) is 4.40 Å². The summed E-state index contributed by atoms with van der Waals surface area (Å²) < 4.78 is 55.4. The number of guanidine groups is 1. The lowest BCUT2D eigenvalue weighted by atomic mass is 9.91. The molecule has 3 aromatic carbocycles. The average molecular weight is 624 g/mol. The molecular formula is C26H28Cl2N6O4S2. The van der Waals surface area contributed by atoms with Crippen molar-refractivity contribution < 1.29 is 16.8 Å². The quantitative estimate of drug-likeness (QED) is 0.302. The monoisotopic (exact) mass is 622 g/mol. The van der Waals surface area contributed by atoms with Gasteiger partial charge in [0.2, 0.25) is 5.96 Å². The summed E-state index contributed by atoms with van der Waals surface area (Å²) in [6.07, 6.45) is 0. The van der Waals surface area contributed by atoms with E-state index in [-0.39, 0.29) is 36.4 Å². The number of halogens is 2. The molecule has 10 nitrogen and oxygen atoms in total. The zero-order chi connectivity index (χ0) is 29.1. The first-order valence-electron chi connectivity index (χ1n) is 12.1. The SMILES string of the molecule is CN(CCN(C)S(N)(=O)=O)C(=NS(=O)(=O)c1ccc(Cl)cc1)N1C[C@@H](c2ccccc2)C(c2ccc(Cl)cc2)=N1. The Morgan fingerprint density at radius 1 is 0.925 bits per heavy atom. The van der Waals surface area contributed by atoms with Gasteiger partial charge in [-0.3, -0.25) is 0 Å². The molecule has 0 radical (unpaired) electrons. The second-order valence-corrected chi connectivity index (χ2v) is 13.3. The van der Waals surface area contributed by atoms with Crippen LogP contribution in [0.25, 0.3) is 0 Å². The summed E-state index contributed by atoms with van der Waals surface area (Å²) in [6, 6.07) is 22.6. The number of benzene rings is 3. The minimum absolute atomic E-state index is 0.0148. The Labute approximate surface area is 244 Å². The first-order chi connectivity index (χ1) is 18.8. The van der Waals surface area contributed by atoms with Crippen molar-refractivity contribution in [2.24, 2.45) is 14.6 Å². The molecule has 0 bridgehead atoms. The fourth-order valence-electron chi connectivity index (χ4n) is 4.05. The van der Waals surface area contributed by atoms with Crippen molar-refractivity contribution in [3.05, 3.63) is 100 Å². The first-order valence-corrected chi connectivity index (χ1v) is 15.8. The normalized spacial score (nSPS) is 16.4. The lowest BCUT2D eigenvalue weighted by Gasteiger charge is -2.28. The van der Waals surface area contributed by atoms with Crippen molar-refractivity contribution in [1.29, 1.82) is 0 Å². The molecule has 4 rings (SSSR count). The molecule has 0 aromatic heterocycles. The Morgan fingerprint density at radius 3 is 2.08 bits per heavy atom. The number of hydrogen-bond acceptors (Lipinski definition) is 5. The van der Waals surface area contributed by atoms with E-state index in [4.69, 9.17) is 33.4 Å². The largest absolute Gasteiger partial charge is 0.342 e. The predicted octanol–water partition coefficient (Wildman–Crippen LogP) is 3.61. The van der Waals surface area contributed by atoms with Crippen molar-refractivity contribution in [3.63, 3.8) is 0 Å². The fraction of sp³-hybridized carbons (Fsp3) is 0.231. The van der Waals surface area contributed by atoms with Gasteiger partial charge in [0.1, 0.15) is 0 Å². The van der Waals surface area contributed by atoms with E-state index in [1.807, 2.05) is 42.5 Å². The summed E-state index contributed by atoms with van der Waals surface area (Å²) in [7, 11) is -5.18. The summed E-state index contributed by atoms with van der Waals surface area (Å²) >= 11 is 12.1. The molecule has 1 aliphatic rings. The molecule has 14 heteroatoms. The maximum Gasteiger partial charge on any atom is 0.285 e. The molecule has 0 unspecified atom stereocenters. The average Bonchev–Trinajstić information content (AvgIpc) is 3.36. The van der Waals surface area contributed by atoms with Crippen LogP contribution < -0.4 is 5.14 Å². The third-order valence-corrected chi connectivity index (χ3v) is 9.15. The number of nitrogens with zero attached hydrogens (tertiary/aromatic N) is 5. The van der Waals surface area contributed by atoms with Gasteiger partial charge in [-0.05, 0) is 47.5 Å².